The molecule has 4 rings (SSSR count). The highest BCUT2D eigenvalue weighted by Gasteiger charge is 2.23. The molecule has 1 unspecified atom stereocenters. The summed E-state index contributed by atoms with van der Waals surface area (Å²) in [7, 11) is 0. The molecule has 1 N–H and O–H groups in total. The van der Waals surface area contributed by atoms with Crippen molar-refractivity contribution in [3.63, 3.8) is 0 Å². The number of nitrogens with zero attached hydrogens (tertiary/aromatic N) is 1. The molecule has 1 atom stereocenters. The molecule has 0 aliphatic carbocycles. The van der Waals surface area contributed by atoms with Gasteiger partial charge in [0.15, 0.2) is 11.2 Å². The number of halogens is 3. The standard InChI is InChI=1S/C20H13F3N2O/c21-14(9-11-3-4-16-12(8-11)2-1-6-24-16)18-15(22)10-13-17(26)5-7-25-20(13)19(18)23/h1-8,10,14H,9H2,(H,25,26). The molecule has 130 valence electrons. The van der Waals surface area contributed by atoms with Crippen LogP contribution in [-0.4, -0.2) is 9.97 Å². The van der Waals surface area contributed by atoms with Gasteiger partial charge in [-0.2, -0.15) is 0 Å². The van der Waals surface area contributed by atoms with Gasteiger partial charge in [-0.25, -0.2) is 13.2 Å². The molecule has 2 aromatic heterocycles. The number of hydrogen-bond donors (Lipinski definition) is 1. The van der Waals surface area contributed by atoms with Crippen molar-refractivity contribution in [1.29, 1.82) is 0 Å². The number of hydrogen-bond acceptors (Lipinski definition) is 2. The molecule has 0 fully saturated rings. The van der Waals surface area contributed by atoms with E-state index in [0.29, 0.717) is 5.56 Å². The zero-order chi connectivity index (χ0) is 18.3. The Kier molecular flexibility index (Phi) is 3.95. The smallest absolute Gasteiger partial charge is 0.189 e. The van der Waals surface area contributed by atoms with Gasteiger partial charge in [0.1, 0.15) is 12.0 Å². The highest BCUT2D eigenvalue weighted by atomic mass is 19.2. The fourth-order valence-electron chi connectivity index (χ4n) is 3.11. The summed E-state index contributed by atoms with van der Waals surface area (Å²) in [6.45, 7) is 0. The Labute approximate surface area is 146 Å². The second kappa shape index (κ2) is 6.29. The van der Waals surface area contributed by atoms with Crippen molar-refractivity contribution in [3.8, 4) is 0 Å². The molecule has 0 amide bonds. The minimum Gasteiger partial charge on any atom is -0.359 e. The van der Waals surface area contributed by atoms with Gasteiger partial charge in [0.05, 0.1) is 22.0 Å². The molecule has 0 spiro atoms. The second-order valence-corrected chi connectivity index (χ2v) is 6.05. The van der Waals surface area contributed by atoms with Crippen LogP contribution in [0.1, 0.15) is 17.3 Å². The van der Waals surface area contributed by atoms with Crippen molar-refractivity contribution in [2.75, 3.05) is 0 Å². The first-order chi connectivity index (χ1) is 12.5. The number of fused-ring (bicyclic) bond motifs is 2. The van der Waals surface area contributed by atoms with Crippen molar-refractivity contribution in [1.82, 2.24) is 9.97 Å². The SMILES string of the molecule is O=c1cc[nH]c2c(F)c(C(F)Cc3ccc4ncccc4c3)c(F)cc12. The lowest BCUT2D eigenvalue weighted by Crippen LogP contribution is -2.09. The summed E-state index contributed by atoms with van der Waals surface area (Å²) in [6.07, 6.45) is 0.818. The number of aromatic nitrogens is 2. The molecule has 4 aromatic rings. The molecule has 0 aliphatic heterocycles. The molecular formula is C20H13F3N2O. The molecule has 26 heavy (non-hydrogen) atoms. The number of H-pyrrole nitrogens is 1. The van der Waals surface area contributed by atoms with E-state index in [1.54, 1.807) is 30.5 Å². The van der Waals surface area contributed by atoms with Crippen molar-refractivity contribution < 1.29 is 13.2 Å². The molecule has 3 nitrogen and oxygen atoms in total. The number of benzene rings is 2. The van der Waals surface area contributed by atoms with Crippen LogP contribution in [-0.2, 0) is 6.42 Å². The maximum atomic E-state index is 14.8. The molecule has 2 aromatic carbocycles. The summed E-state index contributed by atoms with van der Waals surface area (Å²) in [5.74, 6) is -2.14. The van der Waals surface area contributed by atoms with Gasteiger partial charge in [-0.3, -0.25) is 9.78 Å². The van der Waals surface area contributed by atoms with Crippen LogP contribution in [0, 0.1) is 11.6 Å². The number of rotatable bonds is 3. The number of nitrogens with one attached hydrogen (secondary N) is 1. The molecule has 0 bridgehead atoms. The fourth-order valence-corrected chi connectivity index (χ4v) is 3.11. The first-order valence-electron chi connectivity index (χ1n) is 8.01. The normalized spacial score (nSPS) is 12.6. The van der Waals surface area contributed by atoms with Gasteiger partial charge < -0.3 is 4.98 Å². The van der Waals surface area contributed by atoms with E-state index in [9.17, 15) is 18.0 Å². The van der Waals surface area contributed by atoms with Gasteiger partial charge in [-0.15, -0.1) is 0 Å². The molecule has 6 heteroatoms. The quantitative estimate of drug-likeness (QED) is 0.584. The summed E-state index contributed by atoms with van der Waals surface area (Å²) in [5.41, 5.74) is -0.0452. The van der Waals surface area contributed by atoms with Crippen molar-refractivity contribution in [2.24, 2.45) is 0 Å². The van der Waals surface area contributed by atoms with Gasteiger partial charge in [-0.1, -0.05) is 12.1 Å². The third kappa shape index (κ3) is 2.73. The van der Waals surface area contributed by atoms with Crippen LogP contribution in [0.3, 0.4) is 0 Å². The summed E-state index contributed by atoms with van der Waals surface area (Å²) in [4.78, 5) is 18.5. The lowest BCUT2D eigenvalue weighted by molar-refractivity contribution is 0.320. The summed E-state index contributed by atoms with van der Waals surface area (Å²) >= 11 is 0. The number of pyridine rings is 2. The highest BCUT2D eigenvalue weighted by Crippen LogP contribution is 2.31. The van der Waals surface area contributed by atoms with E-state index in [4.69, 9.17) is 0 Å². The second-order valence-electron chi connectivity index (χ2n) is 6.05. The zero-order valence-electron chi connectivity index (χ0n) is 13.5. The van der Waals surface area contributed by atoms with E-state index < -0.39 is 28.8 Å². The van der Waals surface area contributed by atoms with Gasteiger partial charge in [-0.05, 0) is 29.8 Å². The van der Waals surface area contributed by atoms with Gasteiger partial charge in [0, 0.05) is 30.3 Å². The molecule has 2 heterocycles. The fraction of sp³-hybridized carbons (Fsp3) is 0.100. The van der Waals surface area contributed by atoms with E-state index >= 15 is 0 Å². The first-order valence-corrected chi connectivity index (χ1v) is 8.01. The Bertz CT molecular complexity index is 1190. The monoisotopic (exact) mass is 354 g/mol. The molecule has 0 saturated heterocycles. The minimum atomic E-state index is -1.89. The minimum absolute atomic E-state index is 0.143. The Morgan fingerprint density at radius 3 is 2.81 bits per heavy atom. The number of aromatic amines is 1. The molecule has 0 aliphatic rings. The Morgan fingerprint density at radius 1 is 1.12 bits per heavy atom. The molecule has 0 radical (unpaired) electrons. The predicted molar refractivity (Wildman–Crippen MR) is 93.8 cm³/mol. The largest absolute Gasteiger partial charge is 0.359 e. The van der Waals surface area contributed by atoms with Crippen molar-refractivity contribution >= 4 is 21.8 Å². The third-order valence-electron chi connectivity index (χ3n) is 4.38. The Morgan fingerprint density at radius 2 is 1.96 bits per heavy atom. The zero-order valence-corrected chi connectivity index (χ0v) is 13.5. The lowest BCUT2D eigenvalue weighted by atomic mass is 9.99. The third-order valence-corrected chi connectivity index (χ3v) is 4.38. The maximum absolute atomic E-state index is 14.8. The maximum Gasteiger partial charge on any atom is 0.189 e. The van der Waals surface area contributed by atoms with Crippen LogP contribution in [0.5, 0.6) is 0 Å². The van der Waals surface area contributed by atoms with E-state index in [-0.39, 0.29) is 17.3 Å². The summed E-state index contributed by atoms with van der Waals surface area (Å²) in [5, 5.41) is 0.677. The number of alkyl halides is 1. The average molecular weight is 354 g/mol. The van der Waals surface area contributed by atoms with Gasteiger partial charge >= 0.3 is 0 Å². The van der Waals surface area contributed by atoms with Gasteiger partial charge in [0.25, 0.3) is 0 Å². The lowest BCUT2D eigenvalue weighted by Gasteiger charge is -2.13. The topological polar surface area (TPSA) is 45.8 Å². The van der Waals surface area contributed by atoms with Crippen LogP contribution in [0.2, 0.25) is 0 Å². The van der Waals surface area contributed by atoms with E-state index in [1.807, 2.05) is 6.07 Å². The van der Waals surface area contributed by atoms with E-state index in [2.05, 4.69) is 9.97 Å². The Hall–Kier alpha value is -3.15. The predicted octanol–water partition coefficient (Wildman–Crippen LogP) is 4.61. The van der Waals surface area contributed by atoms with Crippen LogP contribution in [0.15, 0.2) is 59.7 Å². The van der Waals surface area contributed by atoms with Crippen molar-refractivity contribution in [3.05, 3.63) is 87.8 Å². The van der Waals surface area contributed by atoms with Crippen LogP contribution in [0.4, 0.5) is 13.2 Å². The summed E-state index contributed by atoms with van der Waals surface area (Å²) in [6, 6.07) is 10.8. The van der Waals surface area contributed by atoms with Crippen LogP contribution in [0.25, 0.3) is 21.8 Å². The molecule has 0 saturated carbocycles. The van der Waals surface area contributed by atoms with Crippen molar-refractivity contribution in [2.45, 2.75) is 12.6 Å². The van der Waals surface area contributed by atoms with Crippen LogP contribution < -0.4 is 5.43 Å². The summed E-state index contributed by atoms with van der Waals surface area (Å²) < 4.78 is 43.8. The Balaban J connectivity index is 1.75. The molecular weight excluding hydrogens is 341 g/mol. The van der Waals surface area contributed by atoms with Crippen LogP contribution >= 0.6 is 0 Å². The average Bonchev–Trinajstić information content (AvgIpc) is 2.63. The highest BCUT2D eigenvalue weighted by molar-refractivity contribution is 5.80. The van der Waals surface area contributed by atoms with Gasteiger partial charge in [0.2, 0.25) is 0 Å². The first kappa shape index (κ1) is 16.3. The van der Waals surface area contributed by atoms with E-state index in [1.165, 1.54) is 6.20 Å². The van der Waals surface area contributed by atoms with E-state index in [0.717, 1.165) is 23.0 Å².